The fraction of sp³-hybridized carbons (Fsp3) is 0.733. The lowest BCUT2D eigenvalue weighted by molar-refractivity contribution is 0.0952. The van der Waals surface area contributed by atoms with E-state index in [-0.39, 0.29) is 23.3 Å². The Bertz CT molecular complexity index is 458. The van der Waals surface area contributed by atoms with Crippen LogP contribution in [0.5, 0.6) is 5.75 Å². The summed E-state index contributed by atoms with van der Waals surface area (Å²) in [5.74, 6) is 0.511. The van der Waals surface area contributed by atoms with Crippen LogP contribution in [0.1, 0.15) is 64.0 Å². The topological polar surface area (TPSA) is 70.1 Å². The van der Waals surface area contributed by atoms with E-state index >= 15 is 0 Å². The van der Waals surface area contributed by atoms with E-state index in [1.54, 1.807) is 18.0 Å². The Morgan fingerprint density at radius 3 is 2.50 bits per heavy atom. The highest BCUT2D eigenvalue weighted by Crippen LogP contribution is 2.25. The van der Waals surface area contributed by atoms with E-state index in [0.717, 1.165) is 6.42 Å². The van der Waals surface area contributed by atoms with Gasteiger partial charge in [0.05, 0.1) is 13.3 Å². The second-order valence-electron chi connectivity index (χ2n) is 6.75. The Morgan fingerprint density at radius 2 is 2.05 bits per heavy atom. The van der Waals surface area contributed by atoms with Gasteiger partial charge < -0.3 is 10.5 Å². The van der Waals surface area contributed by atoms with Crippen molar-refractivity contribution in [2.75, 3.05) is 7.11 Å². The van der Waals surface area contributed by atoms with Crippen molar-refractivity contribution in [3.05, 3.63) is 11.9 Å². The van der Waals surface area contributed by atoms with Crippen LogP contribution in [0.3, 0.4) is 0 Å². The van der Waals surface area contributed by atoms with Crippen molar-refractivity contribution in [2.24, 2.45) is 11.1 Å². The second-order valence-corrected chi connectivity index (χ2v) is 6.75. The van der Waals surface area contributed by atoms with Gasteiger partial charge in [-0.3, -0.25) is 9.48 Å². The van der Waals surface area contributed by atoms with Gasteiger partial charge in [0.1, 0.15) is 5.69 Å². The van der Waals surface area contributed by atoms with E-state index in [4.69, 9.17) is 10.5 Å². The van der Waals surface area contributed by atoms with E-state index in [0.29, 0.717) is 17.9 Å². The number of hydrogen-bond donors (Lipinski definition) is 1. The van der Waals surface area contributed by atoms with Crippen molar-refractivity contribution in [1.82, 2.24) is 9.78 Å². The predicted octanol–water partition coefficient (Wildman–Crippen LogP) is 2.81. The minimum atomic E-state index is -0.150. The van der Waals surface area contributed by atoms with Gasteiger partial charge in [-0.15, -0.1) is 0 Å². The average Bonchev–Trinajstić information content (AvgIpc) is 2.69. The molecular formula is C15H27N3O2. The largest absolute Gasteiger partial charge is 0.493 e. The molecule has 5 nitrogen and oxygen atoms in total. The van der Waals surface area contributed by atoms with Crippen molar-refractivity contribution >= 4 is 5.78 Å². The second kappa shape index (κ2) is 6.39. The van der Waals surface area contributed by atoms with Crippen molar-refractivity contribution in [3.8, 4) is 5.75 Å². The molecule has 1 heterocycles. The molecule has 114 valence electrons. The molecule has 0 radical (unpaired) electrons. The van der Waals surface area contributed by atoms with Crippen LogP contribution in [-0.2, 0) is 0 Å². The van der Waals surface area contributed by atoms with E-state index in [1.807, 2.05) is 13.8 Å². The monoisotopic (exact) mass is 281 g/mol. The van der Waals surface area contributed by atoms with Gasteiger partial charge in [-0.2, -0.15) is 5.10 Å². The minimum Gasteiger partial charge on any atom is -0.493 e. The molecule has 20 heavy (non-hydrogen) atoms. The summed E-state index contributed by atoms with van der Waals surface area (Å²) in [5, 5.41) is 4.22. The van der Waals surface area contributed by atoms with Crippen molar-refractivity contribution in [3.63, 3.8) is 0 Å². The summed E-state index contributed by atoms with van der Waals surface area (Å²) in [6.45, 7) is 10.3. The van der Waals surface area contributed by atoms with Crippen LogP contribution in [0, 0.1) is 5.41 Å². The van der Waals surface area contributed by atoms with Gasteiger partial charge in [-0.05, 0) is 25.7 Å². The van der Waals surface area contributed by atoms with Gasteiger partial charge in [0, 0.05) is 18.5 Å². The van der Waals surface area contributed by atoms with Crippen LogP contribution < -0.4 is 10.5 Å². The fourth-order valence-corrected chi connectivity index (χ4v) is 2.35. The standard InChI is InChI=1S/C15H27N3O2/c1-10(2)18-14(13(20-6)9-17-18)12(19)7-11(16)8-15(3,4)5/h9-11H,7-8,16H2,1-6H3. The van der Waals surface area contributed by atoms with Crippen LogP contribution in [0.4, 0.5) is 0 Å². The number of carbonyl (C=O) groups is 1. The molecular weight excluding hydrogens is 254 g/mol. The normalized spacial score (nSPS) is 13.6. The molecule has 0 bridgehead atoms. The summed E-state index contributed by atoms with van der Waals surface area (Å²) in [7, 11) is 1.55. The maximum atomic E-state index is 12.5. The lowest BCUT2D eigenvalue weighted by Crippen LogP contribution is -2.30. The molecule has 0 amide bonds. The van der Waals surface area contributed by atoms with Gasteiger partial charge in [-0.25, -0.2) is 0 Å². The van der Waals surface area contributed by atoms with Crippen LogP contribution in [0.25, 0.3) is 0 Å². The molecule has 1 unspecified atom stereocenters. The zero-order valence-corrected chi connectivity index (χ0v) is 13.4. The van der Waals surface area contributed by atoms with Crippen LogP contribution >= 0.6 is 0 Å². The molecule has 0 saturated heterocycles. The minimum absolute atomic E-state index is 0.00944. The highest BCUT2D eigenvalue weighted by molar-refractivity contribution is 5.97. The molecule has 0 aromatic carbocycles. The lowest BCUT2D eigenvalue weighted by atomic mass is 9.86. The Hall–Kier alpha value is -1.36. The SMILES string of the molecule is COc1cnn(C(C)C)c1C(=O)CC(N)CC(C)(C)C. The highest BCUT2D eigenvalue weighted by atomic mass is 16.5. The van der Waals surface area contributed by atoms with E-state index in [2.05, 4.69) is 25.9 Å². The van der Waals surface area contributed by atoms with Crippen LogP contribution in [0.15, 0.2) is 6.20 Å². The highest BCUT2D eigenvalue weighted by Gasteiger charge is 2.24. The number of aromatic nitrogens is 2. The van der Waals surface area contributed by atoms with E-state index < -0.39 is 0 Å². The number of methoxy groups -OCH3 is 1. The zero-order chi connectivity index (χ0) is 15.5. The molecule has 0 aliphatic rings. The number of ether oxygens (including phenoxy) is 1. The number of ketones is 1. The van der Waals surface area contributed by atoms with Gasteiger partial charge in [-0.1, -0.05) is 20.8 Å². The molecule has 0 fully saturated rings. The third-order valence-corrected chi connectivity index (χ3v) is 3.06. The smallest absolute Gasteiger partial charge is 0.186 e. The summed E-state index contributed by atoms with van der Waals surface area (Å²) in [4.78, 5) is 12.5. The molecule has 0 aliphatic heterocycles. The number of nitrogens with two attached hydrogens (primary N) is 1. The van der Waals surface area contributed by atoms with E-state index in [9.17, 15) is 4.79 Å². The summed E-state index contributed by atoms with van der Waals surface area (Å²) in [6, 6.07) is -0.0422. The summed E-state index contributed by atoms with van der Waals surface area (Å²) >= 11 is 0. The fourth-order valence-electron chi connectivity index (χ4n) is 2.35. The van der Waals surface area contributed by atoms with E-state index in [1.165, 1.54) is 0 Å². The maximum absolute atomic E-state index is 12.5. The van der Waals surface area contributed by atoms with Crippen molar-refractivity contribution < 1.29 is 9.53 Å². The molecule has 0 aliphatic carbocycles. The Morgan fingerprint density at radius 1 is 1.45 bits per heavy atom. The molecule has 5 heteroatoms. The predicted molar refractivity (Wildman–Crippen MR) is 80.2 cm³/mol. The molecule has 1 rings (SSSR count). The maximum Gasteiger partial charge on any atom is 0.186 e. The molecule has 0 saturated carbocycles. The molecule has 1 aromatic rings. The first-order valence-corrected chi connectivity index (χ1v) is 7.06. The van der Waals surface area contributed by atoms with Gasteiger partial charge in [0.25, 0.3) is 0 Å². The first-order chi connectivity index (χ1) is 9.15. The quantitative estimate of drug-likeness (QED) is 0.814. The summed E-state index contributed by atoms with van der Waals surface area (Å²) in [6.07, 6.45) is 2.70. The average molecular weight is 281 g/mol. The molecule has 1 atom stereocenters. The first kappa shape index (κ1) is 16.7. The summed E-state index contributed by atoms with van der Waals surface area (Å²) < 4.78 is 6.93. The Kier molecular flexibility index (Phi) is 5.34. The zero-order valence-electron chi connectivity index (χ0n) is 13.4. The lowest BCUT2D eigenvalue weighted by Gasteiger charge is -2.23. The Labute approximate surface area is 121 Å². The number of carbonyl (C=O) groups excluding carboxylic acids is 1. The van der Waals surface area contributed by atoms with Crippen molar-refractivity contribution in [2.45, 2.75) is 59.5 Å². The third-order valence-electron chi connectivity index (χ3n) is 3.06. The molecule has 2 N–H and O–H groups in total. The summed E-state index contributed by atoms with van der Waals surface area (Å²) in [5.41, 5.74) is 6.73. The molecule has 0 spiro atoms. The van der Waals surface area contributed by atoms with Crippen molar-refractivity contribution in [1.29, 1.82) is 0 Å². The van der Waals surface area contributed by atoms with Crippen LogP contribution in [-0.4, -0.2) is 28.7 Å². The number of hydrogen-bond acceptors (Lipinski definition) is 4. The van der Waals surface area contributed by atoms with Gasteiger partial charge in [0.2, 0.25) is 0 Å². The van der Waals surface area contributed by atoms with Gasteiger partial charge >= 0.3 is 0 Å². The Balaban J connectivity index is 2.89. The number of rotatable bonds is 6. The van der Waals surface area contributed by atoms with Gasteiger partial charge in [0.15, 0.2) is 11.5 Å². The first-order valence-electron chi connectivity index (χ1n) is 7.06. The number of Topliss-reactive ketones (excluding diaryl/α,β-unsaturated/α-hetero) is 1. The number of nitrogens with zero attached hydrogens (tertiary/aromatic N) is 2. The molecule has 1 aromatic heterocycles. The van der Waals surface area contributed by atoms with Crippen LogP contribution in [0.2, 0.25) is 0 Å². The third kappa shape index (κ3) is 4.34.